The van der Waals surface area contributed by atoms with Gasteiger partial charge in [0.15, 0.2) is 0 Å². The zero-order chi connectivity index (χ0) is 20.9. The molecule has 29 heavy (non-hydrogen) atoms. The molecule has 1 aliphatic rings. The normalized spacial score (nSPS) is 19.0. The van der Waals surface area contributed by atoms with Crippen LogP contribution in [-0.4, -0.2) is 48.6 Å². The van der Waals surface area contributed by atoms with Crippen molar-refractivity contribution in [2.75, 3.05) is 26.3 Å². The highest BCUT2D eigenvalue weighted by atomic mass is 35.5. The van der Waals surface area contributed by atoms with Crippen LogP contribution in [0.4, 0.5) is 4.39 Å². The van der Waals surface area contributed by atoms with Crippen molar-refractivity contribution in [1.82, 2.24) is 4.90 Å². The van der Waals surface area contributed by atoms with Crippen LogP contribution in [0, 0.1) is 5.82 Å². The minimum Gasteiger partial charge on any atom is -0.490 e. The second-order valence-corrected chi connectivity index (χ2v) is 7.44. The Morgan fingerprint density at radius 3 is 2.62 bits per heavy atom. The summed E-state index contributed by atoms with van der Waals surface area (Å²) in [5, 5.41) is 0.572. The van der Waals surface area contributed by atoms with Gasteiger partial charge in [-0.25, -0.2) is 4.39 Å². The number of morpholine rings is 1. The van der Waals surface area contributed by atoms with Crippen LogP contribution in [0.25, 0.3) is 0 Å². The molecule has 1 fully saturated rings. The Morgan fingerprint density at radius 2 is 1.93 bits per heavy atom. The van der Waals surface area contributed by atoms with E-state index < -0.39 is 17.3 Å². The largest absolute Gasteiger partial charge is 0.490 e. The maximum Gasteiger partial charge on any atom is 0.227 e. The predicted octanol–water partition coefficient (Wildman–Crippen LogP) is 2.57. The predicted molar refractivity (Wildman–Crippen MR) is 106 cm³/mol. The maximum atomic E-state index is 13.9. The van der Waals surface area contributed by atoms with E-state index in [1.165, 1.54) is 6.07 Å². The number of hydrogen-bond acceptors (Lipinski definition) is 4. The van der Waals surface area contributed by atoms with E-state index in [1.54, 1.807) is 47.4 Å². The lowest BCUT2D eigenvalue weighted by Crippen LogP contribution is -2.58. The van der Waals surface area contributed by atoms with E-state index in [-0.39, 0.29) is 38.5 Å². The van der Waals surface area contributed by atoms with Crippen LogP contribution >= 0.6 is 11.6 Å². The fourth-order valence-corrected chi connectivity index (χ4v) is 3.41. The van der Waals surface area contributed by atoms with Gasteiger partial charge in [-0.1, -0.05) is 29.8 Å². The number of halogens is 2. The van der Waals surface area contributed by atoms with Crippen molar-refractivity contribution >= 4 is 23.4 Å². The number of nitrogens with zero attached hydrogens (tertiary/aromatic N) is 1. The first-order chi connectivity index (χ1) is 13.9. The molecule has 0 unspecified atom stereocenters. The lowest BCUT2D eigenvalue weighted by molar-refractivity contribution is -0.161. The van der Waals surface area contributed by atoms with Gasteiger partial charge in [0.25, 0.3) is 0 Å². The molecule has 1 aliphatic heterocycles. The molecule has 154 valence electrons. The van der Waals surface area contributed by atoms with Gasteiger partial charge in [-0.15, -0.1) is 0 Å². The molecule has 1 saturated heterocycles. The summed E-state index contributed by atoms with van der Waals surface area (Å²) in [6, 6.07) is 12.9. The first-order valence-electron chi connectivity index (χ1n) is 9.19. The van der Waals surface area contributed by atoms with E-state index in [2.05, 4.69) is 0 Å². The molecule has 0 aromatic heterocycles. The van der Waals surface area contributed by atoms with E-state index >= 15 is 0 Å². The molecule has 1 atom stereocenters. The third-order valence-electron chi connectivity index (χ3n) is 4.71. The van der Waals surface area contributed by atoms with Crippen molar-refractivity contribution in [2.24, 2.45) is 5.73 Å². The maximum absolute atomic E-state index is 13.9. The average Bonchev–Trinajstić information content (AvgIpc) is 2.69. The fourth-order valence-electron chi connectivity index (χ4n) is 3.28. The molecule has 0 spiro atoms. The molecule has 8 heteroatoms. The van der Waals surface area contributed by atoms with Crippen LogP contribution in [0.5, 0.6) is 5.75 Å². The van der Waals surface area contributed by atoms with E-state index in [1.807, 2.05) is 0 Å². The van der Waals surface area contributed by atoms with Crippen LogP contribution < -0.4 is 10.5 Å². The summed E-state index contributed by atoms with van der Waals surface area (Å²) in [7, 11) is 0. The molecule has 2 amide bonds. The van der Waals surface area contributed by atoms with Gasteiger partial charge in [0, 0.05) is 11.6 Å². The molecule has 6 nitrogen and oxygen atoms in total. The highest BCUT2D eigenvalue weighted by molar-refractivity contribution is 6.30. The number of nitrogens with two attached hydrogens (primary N) is 1. The number of carbonyl (C=O) groups excluding carboxylic acids is 2. The third-order valence-corrected chi connectivity index (χ3v) is 4.96. The summed E-state index contributed by atoms with van der Waals surface area (Å²) < 4.78 is 25.5. The minimum absolute atomic E-state index is 0.0288. The second kappa shape index (κ2) is 9.24. The molecule has 2 aromatic rings. The molecule has 0 bridgehead atoms. The Labute approximate surface area is 173 Å². The number of ether oxygens (including phenoxy) is 2. The number of rotatable bonds is 7. The van der Waals surface area contributed by atoms with Gasteiger partial charge >= 0.3 is 0 Å². The Hall–Kier alpha value is -2.64. The van der Waals surface area contributed by atoms with Crippen LogP contribution in [0.1, 0.15) is 12.0 Å². The summed E-state index contributed by atoms with van der Waals surface area (Å²) >= 11 is 5.88. The lowest BCUT2D eigenvalue weighted by atomic mass is 9.97. The summed E-state index contributed by atoms with van der Waals surface area (Å²) in [4.78, 5) is 26.0. The lowest BCUT2D eigenvalue weighted by Gasteiger charge is -2.42. The summed E-state index contributed by atoms with van der Waals surface area (Å²) in [5.74, 6) is -0.688. The van der Waals surface area contributed by atoms with Crippen molar-refractivity contribution in [3.63, 3.8) is 0 Å². The number of benzene rings is 2. The minimum atomic E-state index is -1.07. The standard InChI is InChI=1S/C21H22ClFN2O4/c22-16-5-7-17(8-6-16)28-14-21(12-19(24)26)13-25(9-10-29-21)20(27)11-15-3-1-2-4-18(15)23/h1-8H,9-14H2,(H2,24,26)/t21-/m1/s1. The zero-order valence-electron chi connectivity index (χ0n) is 15.8. The topological polar surface area (TPSA) is 81.9 Å². The zero-order valence-corrected chi connectivity index (χ0v) is 16.5. The van der Waals surface area contributed by atoms with Crippen LogP contribution in [-0.2, 0) is 20.7 Å². The Balaban J connectivity index is 1.71. The van der Waals surface area contributed by atoms with Gasteiger partial charge in [0.2, 0.25) is 11.8 Å². The second-order valence-electron chi connectivity index (χ2n) is 7.00. The fraction of sp³-hybridized carbons (Fsp3) is 0.333. The van der Waals surface area contributed by atoms with Gasteiger partial charge in [0.05, 0.1) is 26.0 Å². The number of hydrogen-bond donors (Lipinski definition) is 1. The quantitative estimate of drug-likeness (QED) is 0.746. The summed E-state index contributed by atoms with van der Waals surface area (Å²) in [6.07, 6.45) is -0.179. The molecule has 0 saturated carbocycles. The van der Waals surface area contributed by atoms with Crippen LogP contribution in [0.15, 0.2) is 48.5 Å². The van der Waals surface area contributed by atoms with E-state index in [0.29, 0.717) is 22.9 Å². The number of amides is 2. The Morgan fingerprint density at radius 1 is 1.21 bits per heavy atom. The molecular weight excluding hydrogens is 399 g/mol. The van der Waals surface area contributed by atoms with E-state index in [4.69, 9.17) is 26.8 Å². The van der Waals surface area contributed by atoms with Gasteiger partial charge in [-0.05, 0) is 35.9 Å². The molecule has 0 radical (unpaired) electrons. The monoisotopic (exact) mass is 420 g/mol. The van der Waals surface area contributed by atoms with Crippen molar-refractivity contribution in [3.05, 3.63) is 64.9 Å². The average molecular weight is 421 g/mol. The smallest absolute Gasteiger partial charge is 0.227 e. The van der Waals surface area contributed by atoms with Crippen LogP contribution in [0.2, 0.25) is 5.02 Å². The van der Waals surface area contributed by atoms with Gasteiger partial charge < -0.3 is 20.1 Å². The highest BCUT2D eigenvalue weighted by Crippen LogP contribution is 2.25. The van der Waals surface area contributed by atoms with Crippen molar-refractivity contribution in [3.8, 4) is 5.75 Å². The number of carbonyl (C=O) groups is 2. The van der Waals surface area contributed by atoms with E-state index in [0.717, 1.165) is 0 Å². The molecule has 3 rings (SSSR count). The summed E-state index contributed by atoms with van der Waals surface area (Å²) in [6.45, 7) is 0.715. The van der Waals surface area contributed by atoms with Crippen molar-refractivity contribution in [2.45, 2.75) is 18.4 Å². The third kappa shape index (κ3) is 5.68. The van der Waals surface area contributed by atoms with E-state index in [9.17, 15) is 14.0 Å². The van der Waals surface area contributed by atoms with Gasteiger partial charge in [-0.2, -0.15) is 0 Å². The Kier molecular flexibility index (Phi) is 6.71. The van der Waals surface area contributed by atoms with Crippen molar-refractivity contribution < 1.29 is 23.5 Å². The number of primary amides is 1. The highest BCUT2D eigenvalue weighted by Gasteiger charge is 2.41. The summed E-state index contributed by atoms with van der Waals surface area (Å²) in [5.41, 5.74) is 4.66. The first kappa shape index (κ1) is 21.1. The van der Waals surface area contributed by atoms with Crippen molar-refractivity contribution in [1.29, 1.82) is 0 Å². The first-order valence-corrected chi connectivity index (χ1v) is 9.56. The Bertz CT molecular complexity index is 877. The van der Waals surface area contributed by atoms with Gasteiger partial charge in [-0.3, -0.25) is 9.59 Å². The molecule has 1 heterocycles. The van der Waals surface area contributed by atoms with Crippen LogP contribution in [0.3, 0.4) is 0 Å². The molecule has 2 aromatic carbocycles. The molecular formula is C21H22ClFN2O4. The van der Waals surface area contributed by atoms with Gasteiger partial charge in [0.1, 0.15) is 23.8 Å². The molecule has 2 N–H and O–H groups in total. The SMILES string of the molecule is NC(=O)C[C@]1(COc2ccc(Cl)cc2)CN(C(=O)Cc2ccccc2F)CCO1. The molecule has 0 aliphatic carbocycles.